The number of allylic oxidation sites excluding steroid dienone is 1. The van der Waals surface area contributed by atoms with Crippen molar-refractivity contribution in [2.75, 3.05) is 34.3 Å². The first-order chi connectivity index (χ1) is 19.7. The van der Waals surface area contributed by atoms with E-state index in [9.17, 15) is 43.6 Å². The Labute approximate surface area is 240 Å². The number of amides is 1. The SMILES string of the molecule is COc1c(CN(CC(F)F)CC2CC2)cc(O)c2c1C[C@H]1C[C@H]3[C@H](N(C)C)C(O)=C(C(N)=O)C(=O)[C@@]3(O)C(O)=C1C2=O. The number of aliphatic hydroxyl groups excluding tert-OH is 2. The molecule has 0 heterocycles. The van der Waals surface area contributed by atoms with Crippen molar-refractivity contribution in [1.29, 1.82) is 0 Å². The summed E-state index contributed by atoms with van der Waals surface area (Å²) in [5.74, 6) is -6.90. The van der Waals surface area contributed by atoms with Crippen LogP contribution in [0, 0.1) is 17.8 Å². The predicted octanol–water partition coefficient (Wildman–Crippen LogP) is 1.61. The van der Waals surface area contributed by atoms with Gasteiger partial charge in [-0.2, -0.15) is 0 Å². The standard InChI is InChI=1S/C29H35F2N3O8/c1-33(2)22-16-7-13-6-15-20(23(36)19(13)26(38)29(16,41)27(39)21(24(22)37)28(32)40)17(35)8-14(25(15)42-3)10-34(11-18(30)31)9-12-4-5-12/h8,12-13,16,18,22,35,37-38,41H,4-7,9-11H2,1-3H3,(H2,32,40)/t13-,16-,22-,29-/m0/s1. The summed E-state index contributed by atoms with van der Waals surface area (Å²) in [4.78, 5) is 42.4. The van der Waals surface area contributed by atoms with Crippen molar-refractivity contribution in [3.63, 3.8) is 0 Å². The molecule has 42 heavy (non-hydrogen) atoms. The van der Waals surface area contributed by atoms with Crippen LogP contribution in [0.15, 0.2) is 28.7 Å². The number of benzene rings is 1. The van der Waals surface area contributed by atoms with Gasteiger partial charge in [-0.3, -0.25) is 24.2 Å². The van der Waals surface area contributed by atoms with Crippen molar-refractivity contribution in [3.8, 4) is 11.5 Å². The average molecular weight is 592 g/mol. The highest BCUT2D eigenvalue weighted by molar-refractivity contribution is 6.24. The Morgan fingerprint density at radius 2 is 1.88 bits per heavy atom. The molecule has 0 radical (unpaired) electrons. The van der Waals surface area contributed by atoms with E-state index in [1.54, 1.807) is 19.0 Å². The molecule has 11 nitrogen and oxygen atoms in total. The molecule has 1 amide bonds. The van der Waals surface area contributed by atoms with E-state index in [1.165, 1.54) is 18.1 Å². The topological polar surface area (TPSA) is 174 Å². The Kier molecular flexibility index (Phi) is 7.57. The lowest BCUT2D eigenvalue weighted by molar-refractivity contribution is -0.148. The number of aromatic hydroxyl groups is 1. The number of carbonyl (C=O) groups is 3. The summed E-state index contributed by atoms with van der Waals surface area (Å²) in [5.41, 5.74) is 1.99. The summed E-state index contributed by atoms with van der Waals surface area (Å²) in [6.45, 7) is 0.0360. The third-order valence-electron chi connectivity index (χ3n) is 8.96. The highest BCUT2D eigenvalue weighted by Gasteiger charge is 2.63. The minimum Gasteiger partial charge on any atom is -0.510 e. The van der Waals surface area contributed by atoms with Crippen LogP contribution in [0.2, 0.25) is 0 Å². The summed E-state index contributed by atoms with van der Waals surface area (Å²) in [5, 5.41) is 45.0. The van der Waals surface area contributed by atoms with Crippen LogP contribution in [0.25, 0.3) is 0 Å². The van der Waals surface area contributed by atoms with Crippen molar-refractivity contribution in [2.45, 2.75) is 50.3 Å². The Morgan fingerprint density at radius 1 is 1.21 bits per heavy atom. The fourth-order valence-corrected chi connectivity index (χ4v) is 7.04. The van der Waals surface area contributed by atoms with Crippen molar-refractivity contribution < 1.29 is 48.3 Å². The van der Waals surface area contributed by atoms with Gasteiger partial charge in [0, 0.05) is 35.7 Å². The number of carbonyl (C=O) groups excluding carboxylic acids is 3. The molecule has 1 saturated carbocycles. The van der Waals surface area contributed by atoms with Crippen LogP contribution < -0.4 is 10.5 Å². The maximum atomic E-state index is 13.9. The molecule has 0 aliphatic heterocycles. The zero-order chi connectivity index (χ0) is 30.8. The molecule has 6 N–H and O–H groups in total. The number of ether oxygens (including phenoxy) is 1. The molecule has 5 rings (SSSR count). The summed E-state index contributed by atoms with van der Waals surface area (Å²) in [6, 6.07) is 0.168. The van der Waals surface area contributed by atoms with Crippen LogP contribution in [-0.2, 0) is 22.6 Å². The molecule has 0 bridgehead atoms. The van der Waals surface area contributed by atoms with E-state index in [0.717, 1.165) is 12.8 Å². The lowest BCUT2D eigenvalue weighted by Gasteiger charge is -2.50. The number of alkyl halides is 2. The molecule has 0 spiro atoms. The van der Waals surface area contributed by atoms with Crippen molar-refractivity contribution >= 4 is 17.5 Å². The predicted molar refractivity (Wildman–Crippen MR) is 144 cm³/mol. The average Bonchev–Trinajstić information content (AvgIpc) is 3.69. The van der Waals surface area contributed by atoms with Gasteiger partial charge in [0.05, 0.1) is 25.3 Å². The number of rotatable bonds is 9. The quantitative estimate of drug-likeness (QED) is 0.266. The van der Waals surface area contributed by atoms with Crippen molar-refractivity contribution in [2.24, 2.45) is 23.5 Å². The first-order valence-corrected chi connectivity index (χ1v) is 13.8. The molecule has 1 aromatic carbocycles. The van der Waals surface area contributed by atoms with Gasteiger partial charge in [0.1, 0.15) is 28.6 Å². The van der Waals surface area contributed by atoms with Gasteiger partial charge in [0.2, 0.25) is 5.78 Å². The van der Waals surface area contributed by atoms with E-state index in [0.29, 0.717) is 23.6 Å². The molecule has 13 heteroatoms. The molecule has 1 fully saturated rings. The Bertz CT molecular complexity index is 1420. The smallest absolute Gasteiger partial charge is 0.255 e. The summed E-state index contributed by atoms with van der Waals surface area (Å²) >= 11 is 0. The lowest BCUT2D eigenvalue weighted by atomic mass is 9.58. The number of nitrogens with two attached hydrogens (primary N) is 1. The minimum atomic E-state index is -2.73. The molecule has 0 saturated heterocycles. The van der Waals surface area contributed by atoms with Gasteiger partial charge in [0.25, 0.3) is 12.3 Å². The Balaban J connectivity index is 1.61. The van der Waals surface area contributed by atoms with Crippen LogP contribution >= 0.6 is 0 Å². The number of ketones is 2. The first-order valence-electron chi connectivity index (χ1n) is 13.8. The second-order valence-electron chi connectivity index (χ2n) is 11.9. The number of methoxy groups -OCH3 is 1. The molecule has 1 aromatic rings. The number of phenols is 1. The molecule has 228 valence electrons. The first kappa shape index (κ1) is 29.9. The maximum Gasteiger partial charge on any atom is 0.255 e. The van der Waals surface area contributed by atoms with Crippen LogP contribution in [0.5, 0.6) is 11.5 Å². The highest BCUT2D eigenvalue weighted by atomic mass is 19.3. The zero-order valence-corrected chi connectivity index (χ0v) is 23.6. The van der Waals surface area contributed by atoms with Crippen LogP contribution in [0.3, 0.4) is 0 Å². The Hall–Kier alpha value is -3.55. The molecule has 4 aliphatic rings. The number of fused-ring (bicyclic) bond motifs is 3. The summed E-state index contributed by atoms with van der Waals surface area (Å²) < 4.78 is 32.4. The number of primary amides is 1. The largest absolute Gasteiger partial charge is 0.510 e. The third-order valence-corrected chi connectivity index (χ3v) is 8.96. The number of likely N-dealkylation sites (N-methyl/N-ethyl adjacent to an activating group) is 1. The molecular weight excluding hydrogens is 556 g/mol. The van der Waals surface area contributed by atoms with E-state index in [2.05, 4.69) is 0 Å². The van der Waals surface area contributed by atoms with Crippen LogP contribution in [0.4, 0.5) is 8.78 Å². The minimum absolute atomic E-state index is 0.0383. The number of halogens is 2. The van der Waals surface area contributed by atoms with Crippen LogP contribution in [-0.4, -0.2) is 100 Å². The van der Waals surface area contributed by atoms with Gasteiger partial charge >= 0.3 is 0 Å². The second-order valence-corrected chi connectivity index (χ2v) is 11.9. The molecule has 0 unspecified atom stereocenters. The Morgan fingerprint density at radius 3 is 2.43 bits per heavy atom. The maximum absolute atomic E-state index is 13.9. The number of nitrogens with zero attached hydrogens (tertiary/aromatic N) is 2. The monoisotopic (exact) mass is 591 g/mol. The van der Waals surface area contributed by atoms with E-state index in [-0.39, 0.29) is 36.3 Å². The number of phenolic OH excluding ortho intramolecular Hbond substituents is 1. The van der Waals surface area contributed by atoms with Crippen molar-refractivity contribution in [1.82, 2.24) is 9.80 Å². The normalized spacial score (nSPS) is 27.5. The summed E-state index contributed by atoms with van der Waals surface area (Å²) in [6.07, 6.45) is -0.689. The van der Waals surface area contributed by atoms with Gasteiger partial charge in [-0.15, -0.1) is 0 Å². The summed E-state index contributed by atoms with van der Waals surface area (Å²) in [7, 11) is 4.47. The van der Waals surface area contributed by atoms with Gasteiger partial charge < -0.3 is 30.9 Å². The second kappa shape index (κ2) is 10.6. The molecular formula is C29H35F2N3O8. The van der Waals surface area contributed by atoms with E-state index in [4.69, 9.17) is 10.5 Å². The van der Waals surface area contributed by atoms with Gasteiger partial charge in [-0.05, 0) is 57.7 Å². The fraction of sp³-hybridized carbons (Fsp3) is 0.552. The van der Waals surface area contributed by atoms with Gasteiger partial charge in [-0.25, -0.2) is 8.78 Å². The van der Waals surface area contributed by atoms with Gasteiger partial charge in [-0.1, -0.05) is 0 Å². The zero-order valence-electron chi connectivity index (χ0n) is 23.6. The molecule has 0 aromatic heterocycles. The highest BCUT2D eigenvalue weighted by Crippen LogP contribution is 2.53. The number of hydrogen-bond acceptors (Lipinski definition) is 10. The lowest BCUT2D eigenvalue weighted by Crippen LogP contribution is -2.63. The van der Waals surface area contributed by atoms with E-state index in [1.807, 2.05) is 0 Å². The van der Waals surface area contributed by atoms with Crippen molar-refractivity contribution in [3.05, 3.63) is 45.4 Å². The molecule has 4 aliphatic carbocycles. The van der Waals surface area contributed by atoms with E-state index < -0.39 is 76.8 Å². The number of Topliss-reactive ketones (excluding diaryl/α,β-unsaturated/α-hetero) is 2. The van der Waals surface area contributed by atoms with Gasteiger partial charge in [0.15, 0.2) is 11.4 Å². The number of aliphatic hydroxyl groups is 3. The molecule has 4 atom stereocenters. The van der Waals surface area contributed by atoms with E-state index >= 15 is 0 Å². The number of hydrogen-bond donors (Lipinski definition) is 5. The fourth-order valence-electron chi connectivity index (χ4n) is 7.04. The third kappa shape index (κ3) is 4.63. The van der Waals surface area contributed by atoms with Crippen LogP contribution in [0.1, 0.15) is 40.7 Å².